The lowest BCUT2D eigenvalue weighted by atomic mass is 10.2. The van der Waals surface area contributed by atoms with Crippen LogP contribution in [0.25, 0.3) is 11.0 Å². The summed E-state index contributed by atoms with van der Waals surface area (Å²) in [7, 11) is 1.92. The summed E-state index contributed by atoms with van der Waals surface area (Å²) < 4.78 is 1.82. The average molecular weight is 267 g/mol. The number of hydrogen-bond acceptors (Lipinski definition) is 4. The second kappa shape index (κ2) is 5.38. The van der Waals surface area contributed by atoms with Gasteiger partial charge in [-0.25, -0.2) is 4.98 Å². The van der Waals surface area contributed by atoms with Crippen molar-refractivity contribution in [2.45, 2.75) is 20.0 Å². The molecule has 0 aliphatic rings. The minimum absolute atomic E-state index is 0.755. The minimum atomic E-state index is 0.755. The van der Waals surface area contributed by atoms with E-state index in [2.05, 4.69) is 26.4 Å². The van der Waals surface area contributed by atoms with Gasteiger partial charge in [0.2, 0.25) is 0 Å². The standard InChI is InChI=1S/C15H17N5/c1-11-14-7-12(9-18-15(14)20(2)19-11)8-16-10-13-5-3-4-6-17-13/h3-7,9,16H,8,10H2,1-2H3. The van der Waals surface area contributed by atoms with E-state index in [1.165, 1.54) is 0 Å². The van der Waals surface area contributed by atoms with Crippen molar-refractivity contribution >= 4 is 11.0 Å². The highest BCUT2D eigenvalue weighted by atomic mass is 15.3. The van der Waals surface area contributed by atoms with Gasteiger partial charge in [-0.3, -0.25) is 9.67 Å². The summed E-state index contributed by atoms with van der Waals surface area (Å²) in [6, 6.07) is 8.08. The van der Waals surface area contributed by atoms with E-state index >= 15 is 0 Å². The number of nitrogens with zero attached hydrogens (tertiary/aromatic N) is 4. The van der Waals surface area contributed by atoms with Crippen LogP contribution in [0.15, 0.2) is 36.7 Å². The van der Waals surface area contributed by atoms with E-state index in [4.69, 9.17) is 0 Å². The Hall–Kier alpha value is -2.27. The summed E-state index contributed by atoms with van der Waals surface area (Å²) in [4.78, 5) is 8.76. The Bertz CT molecular complexity index is 718. The first-order valence-corrected chi connectivity index (χ1v) is 6.63. The second-order valence-electron chi connectivity index (χ2n) is 4.85. The van der Waals surface area contributed by atoms with Gasteiger partial charge in [0, 0.05) is 37.9 Å². The molecule has 5 nitrogen and oxygen atoms in total. The average Bonchev–Trinajstić information content (AvgIpc) is 2.75. The van der Waals surface area contributed by atoms with Gasteiger partial charge in [0.1, 0.15) is 0 Å². The maximum Gasteiger partial charge on any atom is 0.157 e. The fourth-order valence-corrected chi connectivity index (χ4v) is 2.29. The maximum absolute atomic E-state index is 4.47. The van der Waals surface area contributed by atoms with Crippen LogP contribution >= 0.6 is 0 Å². The highest BCUT2D eigenvalue weighted by Crippen LogP contribution is 2.16. The van der Waals surface area contributed by atoms with Crippen LogP contribution in [0.5, 0.6) is 0 Å². The van der Waals surface area contributed by atoms with Crippen LogP contribution in [0.4, 0.5) is 0 Å². The summed E-state index contributed by atoms with van der Waals surface area (Å²) in [5.41, 5.74) is 4.14. The molecule has 5 heteroatoms. The molecule has 0 radical (unpaired) electrons. The van der Waals surface area contributed by atoms with Crippen molar-refractivity contribution in [3.8, 4) is 0 Å². The first-order chi connectivity index (χ1) is 9.74. The Balaban J connectivity index is 1.70. The number of rotatable bonds is 4. The predicted molar refractivity (Wildman–Crippen MR) is 78.0 cm³/mol. The third-order valence-corrected chi connectivity index (χ3v) is 3.28. The minimum Gasteiger partial charge on any atom is -0.307 e. The number of aromatic nitrogens is 4. The summed E-state index contributed by atoms with van der Waals surface area (Å²) in [6.45, 7) is 3.54. The van der Waals surface area contributed by atoms with Crippen molar-refractivity contribution in [2.24, 2.45) is 7.05 Å². The number of pyridine rings is 2. The highest BCUT2D eigenvalue weighted by molar-refractivity contribution is 5.78. The van der Waals surface area contributed by atoms with Gasteiger partial charge in [-0.05, 0) is 30.7 Å². The third kappa shape index (κ3) is 2.53. The molecule has 3 rings (SSSR count). The molecule has 0 aliphatic carbocycles. The lowest BCUT2D eigenvalue weighted by Crippen LogP contribution is -2.13. The molecule has 0 aliphatic heterocycles. The smallest absolute Gasteiger partial charge is 0.157 e. The van der Waals surface area contributed by atoms with Gasteiger partial charge in [0.15, 0.2) is 5.65 Å². The molecule has 0 amide bonds. The molecule has 20 heavy (non-hydrogen) atoms. The molecular weight excluding hydrogens is 250 g/mol. The first kappa shape index (κ1) is 12.7. The molecule has 3 heterocycles. The number of nitrogens with one attached hydrogen (secondary N) is 1. The van der Waals surface area contributed by atoms with E-state index in [9.17, 15) is 0 Å². The molecule has 0 aromatic carbocycles. The Morgan fingerprint density at radius 2 is 2.10 bits per heavy atom. The molecule has 3 aromatic rings. The molecule has 1 N–H and O–H groups in total. The first-order valence-electron chi connectivity index (χ1n) is 6.63. The molecule has 0 saturated heterocycles. The van der Waals surface area contributed by atoms with Crippen molar-refractivity contribution in [3.05, 3.63) is 53.6 Å². The third-order valence-electron chi connectivity index (χ3n) is 3.28. The van der Waals surface area contributed by atoms with Gasteiger partial charge < -0.3 is 5.32 Å². The molecular formula is C15H17N5. The van der Waals surface area contributed by atoms with Crippen molar-refractivity contribution in [1.29, 1.82) is 0 Å². The van der Waals surface area contributed by atoms with Gasteiger partial charge in [-0.2, -0.15) is 5.10 Å². The topological polar surface area (TPSA) is 55.6 Å². The fourth-order valence-electron chi connectivity index (χ4n) is 2.29. The van der Waals surface area contributed by atoms with Gasteiger partial charge in [-0.15, -0.1) is 0 Å². The summed E-state index contributed by atoms with van der Waals surface area (Å²) >= 11 is 0. The van der Waals surface area contributed by atoms with Crippen LogP contribution in [-0.2, 0) is 20.1 Å². The van der Waals surface area contributed by atoms with E-state index in [1.54, 1.807) is 0 Å². The lowest BCUT2D eigenvalue weighted by molar-refractivity contribution is 0.678. The van der Waals surface area contributed by atoms with E-state index in [1.807, 2.05) is 49.2 Å². The van der Waals surface area contributed by atoms with E-state index in [-0.39, 0.29) is 0 Å². The molecule has 0 fully saturated rings. The zero-order chi connectivity index (χ0) is 13.9. The Kier molecular flexibility index (Phi) is 3.43. The normalized spacial score (nSPS) is 11.1. The molecule has 0 atom stereocenters. The van der Waals surface area contributed by atoms with Crippen LogP contribution < -0.4 is 5.32 Å². The van der Waals surface area contributed by atoms with Crippen molar-refractivity contribution < 1.29 is 0 Å². The van der Waals surface area contributed by atoms with Crippen LogP contribution in [0.3, 0.4) is 0 Å². The SMILES string of the molecule is Cc1nn(C)c2ncc(CNCc3ccccn3)cc12. The van der Waals surface area contributed by atoms with Crippen molar-refractivity contribution in [3.63, 3.8) is 0 Å². The van der Waals surface area contributed by atoms with Crippen LogP contribution in [0, 0.1) is 6.92 Å². The van der Waals surface area contributed by atoms with Gasteiger partial charge in [0.25, 0.3) is 0 Å². The summed E-state index contributed by atoms with van der Waals surface area (Å²) in [6.07, 6.45) is 3.71. The quantitative estimate of drug-likeness (QED) is 0.785. The van der Waals surface area contributed by atoms with Gasteiger partial charge in [-0.1, -0.05) is 6.07 Å². The molecule has 3 aromatic heterocycles. The highest BCUT2D eigenvalue weighted by Gasteiger charge is 2.06. The zero-order valence-electron chi connectivity index (χ0n) is 11.7. The molecule has 0 unspecified atom stereocenters. The molecule has 0 bridgehead atoms. The Morgan fingerprint density at radius 1 is 1.20 bits per heavy atom. The summed E-state index contributed by atoms with van der Waals surface area (Å²) in [5, 5.41) is 8.88. The molecule has 0 saturated carbocycles. The van der Waals surface area contributed by atoms with Crippen molar-refractivity contribution in [1.82, 2.24) is 25.1 Å². The van der Waals surface area contributed by atoms with E-state index in [0.717, 1.165) is 41.1 Å². The van der Waals surface area contributed by atoms with Crippen LogP contribution in [0.1, 0.15) is 17.0 Å². The maximum atomic E-state index is 4.47. The fraction of sp³-hybridized carbons (Fsp3) is 0.267. The molecule has 0 spiro atoms. The predicted octanol–water partition coefficient (Wildman–Crippen LogP) is 1.96. The van der Waals surface area contributed by atoms with Crippen LogP contribution in [-0.4, -0.2) is 19.7 Å². The largest absolute Gasteiger partial charge is 0.307 e. The Labute approximate surface area is 117 Å². The lowest BCUT2D eigenvalue weighted by Gasteiger charge is -2.04. The molecule has 102 valence electrons. The van der Waals surface area contributed by atoms with Crippen LogP contribution in [0.2, 0.25) is 0 Å². The van der Waals surface area contributed by atoms with Gasteiger partial charge in [0.05, 0.1) is 11.4 Å². The number of aryl methyl sites for hydroxylation is 2. The monoisotopic (exact) mass is 267 g/mol. The Morgan fingerprint density at radius 3 is 2.90 bits per heavy atom. The second-order valence-corrected chi connectivity index (χ2v) is 4.85. The summed E-state index contributed by atoms with van der Waals surface area (Å²) in [5.74, 6) is 0. The number of fused-ring (bicyclic) bond motifs is 1. The van der Waals surface area contributed by atoms with Crippen molar-refractivity contribution in [2.75, 3.05) is 0 Å². The van der Waals surface area contributed by atoms with E-state index < -0.39 is 0 Å². The number of hydrogen-bond donors (Lipinski definition) is 1. The van der Waals surface area contributed by atoms with Gasteiger partial charge >= 0.3 is 0 Å². The zero-order valence-corrected chi connectivity index (χ0v) is 11.7. The van der Waals surface area contributed by atoms with E-state index in [0.29, 0.717) is 0 Å².